The molecule has 3 rings (SSSR count). The van der Waals surface area contributed by atoms with Gasteiger partial charge in [-0.05, 0) is 32.5 Å². The molecule has 2 aliphatic rings. The summed E-state index contributed by atoms with van der Waals surface area (Å²) in [4.78, 5) is 16.8. The third-order valence-electron chi connectivity index (χ3n) is 4.64. The first-order chi connectivity index (χ1) is 10.6. The molecule has 1 heterocycles. The molecule has 0 unspecified atom stereocenters. The van der Waals surface area contributed by atoms with E-state index in [4.69, 9.17) is 0 Å². The zero-order valence-electron chi connectivity index (χ0n) is 13.7. The van der Waals surface area contributed by atoms with E-state index in [-0.39, 0.29) is 5.91 Å². The van der Waals surface area contributed by atoms with Crippen molar-refractivity contribution in [3.63, 3.8) is 0 Å². The van der Waals surface area contributed by atoms with Crippen molar-refractivity contribution in [3.8, 4) is 0 Å². The van der Waals surface area contributed by atoms with Crippen LogP contribution in [0.4, 0.5) is 0 Å². The maximum atomic E-state index is 12.1. The number of hydrogen-bond acceptors (Lipinski definition) is 3. The van der Waals surface area contributed by atoms with Crippen molar-refractivity contribution < 1.29 is 4.79 Å². The van der Waals surface area contributed by atoms with Crippen molar-refractivity contribution >= 4 is 5.91 Å². The van der Waals surface area contributed by atoms with Gasteiger partial charge in [-0.15, -0.1) is 0 Å². The summed E-state index contributed by atoms with van der Waals surface area (Å²) in [6.07, 6.45) is 2.15. The zero-order chi connectivity index (χ0) is 15.5. The van der Waals surface area contributed by atoms with Crippen molar-refractivity contribution in [2.45, 2.75) is 25.4 Å². The van der Waals surface area contributed by atoms with Gasteiger partial charge >= 0.3 is 0 Å². The molecule has 0 bridgehead atoms. The summed E-state index contributed by atoms with van der Waals surface area (Å²) in [6.45, 7) is 4.02. The summed E-state index contributed by atoms with van der Waals surface area (Å²) >= 11 is 0. The predicted octanol–water partition coefficient (Wildman–Crippen LogP) is 1.57. The highest BCUT2D eigenvalue weighted by Gasteiger charge is 2.37. The van der Waals surface area contributed by atoms with Crippen molar-refractivity contribution in [1.29, 1.82) is 0 Å². The summed E-state index contributed by atoms with van der Waals surface area (Å²) in [7, 11) is 4.22. The van der Waals surface area contributed by atoms with E-state index in [1.807, 2.05) is 0 Å². The van der Waals surface area contributed by atoms with E-state index in [0.717, 1.165) is 39.0 Å². The molecule has 1 aliphatic carbocycles. The first-order valence-electron chi connectivity index (χ1n) is 8.33. The van der Waals surface area contributed by atoms with Gasteiger partial charge in [0.2, 0.25) is 5.91 Å². The lowest BCUT2D eigenvalue weighted by atomic mass is 10.0. The molecule has 2 atom stereocenters. The Bertz CT molecular complexity index is 498. The molecular weight excluding hydrogens is 274 g/mol. The Morgan fingerprint density at radius 2 is 1.95 bits per heavy atom. The van der Waals surface area contributed by atoms with Crippen LogP contribution < -0.4 is 5.32 Å². The third kappa shape index (κ3) is 4.08. The van der Waals surface area contributed by atoms with E-state index in [0.29, 0.717) is 17.9 Å². The predicted molar refractivity (Wildman–Crippen MR) is 88.4 cm³/mol. The summed E-state index contributed by atoms with van der Waals surface area (Å²) in [5.41, 5.74) is 1.35. The number of carbonyl (C=O) groups excluding carboxylic acids is 1. The molecule has 4 heteroatoms. The minimum absolute atomic E-state index is 0.273. The zero-order valence-corrected chi connectivity index (χ0v) is 13.7. The normalized spacial score (nSPS) is 25.6. The summed E-state index contributed by atoms with van der Waals surface area (Å²) in [6, 6.07) is 10.9. The second-order valence-electron chi connectivity index (χ2n) is 7.09. The standard InChI is InChI=1S/C18H27N3O/c1-20(2)11-16-12-21(10-14-6-4-3-5-7-14)13-17(16)19-18(22)15-8-9-15/h3-7,15-17H,8-13H2,1-2H3,(H,19,22)/t16-,17-/m1/s1. The fraction of sp³-hybridized carbons (Fsp3) is 0.611. The van der Waals surface area contributed by atoms with Crippen molar-refractivity contribution in [3.05, 3.63) is 35.9 Å². The first-order valence-corrected chi connectivity index (χ1v) is 8.33. The lowest BCUT2D eigenvalue weighted by Gasteiger charge is -2.22. The second-order valence-corrected chi connectivity index (χ2v) is 7.09. The molecule has 2 fully saturated rings. The van der Waals surface area contributed by atoms with Gasteiger partial charge in [0.25, 0.3) is 0 Å². The van der Waals surface area contributed by atoms with Crippen molar-refractivity contribution in [2.75, 3.05) is 33.7 Å². The number of benzene rings is 1. The van der Waals surface area contributed by atoms with Crippen LogP contribution in [0.25, 0.3) is 0 Å². The molecule has 1 aliphatic heterocycles. The lowest BCUT2D eigenvalue weighted by molar-refractivity contribution is -0.123. The third-order valence-corrected chi connectivity index (χ3v) is 4.64. The fourth-order valence-corrected chi connectivity index (χ4v) is 3.39. The van der Waals surface area contributed by atoms with Gasteiger partial charge < -0.3 is 10.2 Å². The Balaban J connectivity index is 1.60. The molecule has 4 nitrogen and oxygen atoms in total. The molecule has 1 saturated heterocycles. The molecule has 22 heavy (non-hydrogen) atoms. The van der Waals surface area contributed by atoms with Gasteiger partial charge in [-0.2, -0.15) is 0 Å². The SMILES string of the molecule is CN(C)C[C@@H]1CN(Cc2ccccc2)C[C@H]1NC(=O)C1CC1. The fourth-order valence-electron chi connectivity index (χ4n) is 3.39. The largest absolute Gasteiger partial charge is 0.351 e. The van der Waals surface area contributed by atoms with Gasteiger partial charge in [0, 0.05) is 44.1 Å². The number of hydrogen-bond donors (Lipinski definition) is 1. The molecule has 1 aromatic carbocycles. The van der Waals surface area contributed by atoms with Crippen LogP contribution in [0.1, 0.15) is 18.4 Å². The van der Waals surface area contributed by atoms with Crippen LogP contribution in [-0.4, -0.2) is 55.5 Å². The topological polar surface area (TPSA) is 35.6 Å². The smallest absolute Gasteiger partial charge is 0.223 e. The van der Waals surface area contributed by atoms with Crippen LogP contribution in [0.3, 0.4) is 0 Å². The Kier molecular flexibility index (Phi) is 4.79. The monoisotopic (exact) mass is 301 g/mol. The summed E-state index contributed by atoms with van der Waals surface area (Å²) in [5.74, 6) is 1.08. The van der Waals surface area contributed by atoms with Gasteiger partial charge in [-0.3, -0.25) is 9.69 Å². The average Bonchev–Trinajstić information content (AvgIpc) is 3.26. The van der Waals surface area contributed by atoms with Gasteiger partial charge in [-0.25, -0.2) is 0 Å². The van der Waals surface area contributed by atoms with E-state index in [2.05, 4.69) is 59.5 Å². The summed E-state index contributed by atoms with van der Waals surface area (Å²) in [5, 5.41) is 3.30. The Morgan fingerprint density at radius 3 is 2.59 bits per heavy atom. The number of amides is 1. The number of rotatable bonds is 6. The number of carbonyl (C=O) groups is 1. The molecule has 1 amide bonds. The Morgan fingerprint density at radius 1 is 1.23 bits per heavy atom. The molecule has 1 N–H and O–H groups in total. The van der Waals surface area contributed by atoms with E-state index >= 15 is 0 Å². The number of likely N-dealkylation sites (tertiary alicyclic amines) is 1. The van der Waals surface area contributed by atoms with Crippen LogP contribution in [-0.2, 0) is 11.3 Å². The lowest BCUT2D eigenvalue weighted by Crippen LogP contribution is -2.44. The highest BCUT2D eigenvalue weighted by molar-refractivity contribution is 5.81. The van der Waals surface area contributed by atoms with Crippen molar-refractivity contribution in [1.82, 2.24) is 15.1 Å². The Labute approximate surface area is 133 Å². The molecule has 120 valence electrons. The van der Waals surface area contributed by atoms with Crippen LogP contribution in [0.2, 0.25) is 0 Å². The van der Waals surface area contributed by atoms with Gasteiger partial charge in [0.05, 0.1) is 0 Å². The van der Waals surface area contributed by atoms with Crippen LogP contribution >= 0.6 is 0 Å². The number of nitrogens with one attached hydrogen (secondary N) is 1. The second kappa shape index (κ2) is 6.80. The minimum Gasteiger partial charge on any atom is -0.351 e. The molecule has 0 aromatic heterocycles. The average molecular weight is 301 g/mol. The highest BCUT2D eigenvalue weighted by atomic mass is 16.2. The number of nitrogens with zero attached hydrogens (tertiary/aromatic N) is 2. The van der Waals surface area contributed by atoms with E-state index < -0.39 is 0 Å². The summed E-state index contributed by atoms with van der Waals surface area (Å²) < 4.78 is 0. The van der Waals surface area contributed by atoms with E-state index in [1.54, 1.807) is 0 Å². The molecule has 0 radical (unpaired) electrons. The minimum atomic E-state index is 0.273. The first kappa shape index (κ1) is 15.5. The van der Waals surface area contributed by atoms with Gasteiger partial charge in [-0.1, -0.05) is 30.3 Å². The van der Waals surface area contributed by atoms with Crippen LogP contribution in [0.15, 0.2) is 30.3 Å². The Hall–Kier alpha value is -1.39. The van der Waals surface area contributed by atoms with Crippen LogP contribution in [0, 0.1) is 11.8 Å². The highest BCUT2D eigenvalue weighted by Crippen LogP contribution is 2.30. The van der Waals surface area contributed by atoms with E-state index in [9.17, 15) is 4.79 Å². The van der Waals surface area contributed by atoms with E-state index in [1.165, 1.54) is 5.56 Å². The molecular formula is C18H27N3O. The van der Waals surface area contributed by atoms with Crippen molar-refractivity contribution in [2.24, 2.45) is 11.8 Å². The quantitative estimate of drug-likeness (QED) is 0.866. The maximum absolute atomic E-state index is 12.1. The van der Waals surface area contributed by atoms with Gasteiger partial charge in [0.15, 0.2) is 0 Å². The molecule has 1 aromatic rings. The maximum Gasteiger partial charge on any atom is 0.223 e. The van der Waals surface area contributed by atoms with Gasteiger partial charge in [0.1, 0.15) is 0 Å². The molecule has 0 spiro atoms. The molecule has 1 saturated carbocycles. The van der Waals surface area contributed by atoms with Crippen LogP contribution in [0.5, 0.6) is 0 Å².